The van der Waals surface area contributed by atoms with E-state index in [1.165, 1.54) is 0 Å². The minimum absolute atomic E-state index is 0.00843. The summed E-state index contributed by atoms with van der Waals surface area (Å²) in [5, 5.41) is 19.7. The van der Waals surface area contributed by atoms with Gasteiger partial charge in [0, 0.05) is 13.0 Å². The molecule has 2 saturated heterocycles. The lowest BCUT2D eigenvalue weighted by molar-refractivity contribution is -0.158. The Kier molecular flexibility index (Phi) is 2.95. The number of rotatable bonds is 2. The highest BCUT2D eigenvalue weighted by Crippen LogP contribution is 2.46. The molecule has 3 rings (SSSR count). The molecule has 0 aromatic rings. The van der Waals surface area contributed by atoms with Gasteiger partial charge in [-0.25, -0.2) is 0 Å². The summed E-state index contributed by atoms with van der Waals surface area (Å²) in [6.45, 7) is 3.86. The Bertz CT molecular complexity index is 331. The molecular formula is C13H22O5. The van der Waals surface area contributed by atoms with E-state index in [-0.39, 0.29) is 31.0 Å². The van der Waals surface area contributed by atoms with E-state index >= 15 is 0 Å². The second-order valence-electron chi connectivity index (χ2n) is 6.16. The topological polar surface area (TPSA) is 68.2 Å². The fraction of sp³-hybridized carbons (Fsp3) is 1.00. The van der Waals surface area contributed by atoms with Gasteiger partial charge >= 0.3 is 0 Å². The van der Waals surface area contributed by atoms with E-state index < -0.39 is 11.4 Å². The van der Waals surface area contributed by atoms with Crippen LogP contribution >= 0.6 is 0 Å². The first-order valence-corrected chi connectivity index (χ1v) is 6.78. The molecule has 2 bridgehead atoms. The number of ether oxygens (including phenoxy) is 3. The predicted molar refractivity (Wildman–Crippen MR) is 63.0 cm³/mol. The maximum Gasteiger partial charge on any atom is 0.163 e. The molecule has 5 heteroatoms. The molecule has 104 valence electrons. The molecule has 1 saturated carbocycles. The van der Waals surface area contributed by atoms with Gasteiger partial charge in [-0.1, -0.05) is 0 Å². The molecule has 0 aromatic heterocycles. The van der Waals surface area contributed by atoms with Gasteiger partial charge in [0.15, 0.2) is 5.79 Å². The Morgan fingerprint density at radius 3 is 2.72 bits per heavy atom. The molecule has 1 aliphatic carbocycles. The molecule has 2 aliphatic heterocycles. The average molecular weight is 258 g/mol. The highest BCUT2D eigenvalue weighted by molar-refractivity contribution is 5.05. The van der Waals surface area contributed by atoms with Gasteiger partial charge in [-0.3, -0.25) is 0 Å². The fourth-order valence-electron chi connectivity index (χ4n) is 3.57. The van der Waals surface area contributed by atoms with Crippen LogP contribution < -0.4 is 0 Å². The van der Waals surface area contributed by atoms with Crippen LogP contribution in [0.4, 0.5) is 0 Å². The maximum atomic E-state index is 10.6. The van der Waals surface area contributed by atoms with E-state index in [4.69, 9.17) is 19.3 Å². The minimum atomic E-state index is -0.825. The Labute approximate surface area is 107 Å². The van der Waals surface area contributed by atoms with Gasteiger partial charge in [0.05, 0.1) is 23.9 Å². The van der Waals surface area contributed by atoms with Gasteiger partial charge in [-0.2, -0.15) is 0 Å². The van der Waals surface area contributed by atoms with E-state index in [9.17, 15) is 5.11 Å². The standard InChI is InChI=1S/C13H22O5/c1-12(2)17-8-3-5-13(15)7-9(11(8)18-12)16-10(13)4-6-14/h8-11,14-15H,3-7H2,1-2H3/t8-,9-,10?,11-,13+/m1/s1. The molecular weight excluding hydrogens is 236 g/mol. The second kappa shape index (κ2) is 4.15. The fourth-order valence-corrected chi connectivity index (χ4v) is 3.57. The van der Waals surface area contributed by atoms with Crippen molar-refractivity contribution in [2.75, 3.05) is 6.61 Å². The Morgan fingerprint density at radius 1 is 1.22 bits per heavy atom. The van der Waals surface area contributed by atoms with Gasteiger partial charge in [-0.05, 0) is 33.1 Å². The van der Waals surface area contributed by atoms with Crippen molar-refractivity contribution >= 4 is 0 Å². The SMILES string of the molecule is CC1(C)O[C@H]2[C@H]3C[C@@](O)(CC[C@H]2O1)C(CCO)O3. The Hall–Kier alpha value is -0.200. The third kappa shape index (κ3) is 1.98. The highest BCUT2D eigenvalue weighted by atomic mass is 16.8. The largest absolute Gasteiger partial charge is 0.396 e. The molecule has 0 spiro atoms. The zero-order valence-corrected chi connectivity index (χ0v) is 11.0. The lowest BCUT2D eigenvalue weighted by atomic mass is 9.89. The number of hydrogen-bond acceptors (Lipinski definition) is 5. The molecule has 5 atom stereocenters. The van der Waals surface area contributed by atoms with E-state index in [1.807, 2.05) is 13.8 Å². The van der Waals surface area contributed by atoms with Crippen molar-refractivity contribution in [1.82, 2.24) is 0 Å². The maximum absolute atomic E-state index is 10.6. The molecule has 5 nitrogen and oxygen atoms in total. The smallest absolute Gasteiger partial charge is 0.163 e. The van der Waals surface area contributed by atoms with Crippen molar-refractivity contribution in [3.05, 3.63) is 0 Å². The highest BCUT2D eigenvalue weighted by Gasteiger charge is 2.57. The first-order chi connectivity index (χ1) is 8.43. The summed E-state index contributed by atoms with van der Waals surface area (Å²) in [5.41, 5.74) is -0.825. The third-order valence-corrected chi connectivity index (χ3v) is 4.33. The summed E-state index contributed by atoms with van der Waals surface area (Å²) in [6.07, 6.45) is 2.00. The van der Waals surface area contributed by atoms with E-state index in [2.05, 4.69) is 0 Å². The van der Waals surface area contributed by atoms with Crippen LogP contribution in [0.5, 0.6) is 0 Å². The van der Waals surface area contributed by atoms with Gasteiger partial charge in [0.25, 0.3) is 0 Å². The van der Waals surface area contributed by atoms with Crippen molar-refractivity contribution in [2.24, 2.45) is 0 Å². The molecule has 0 amide bonds. The summed E-state index contributed by atoms with van der Waals surface area (Å²) < 4.78 is 17.7. The zero-order chi connectivity index (χ0) is 13.0. The number of aliphatic hydroxyl groups is 2. The molecule has 1 unspecified atom stereocenters. The van der Waals surface area contributed by atoms with Crippen molar-refractivity contribution < 1.29 is 24.4 Å². The van der Waals surface area contributed by atoms with E-state index in [0.717, 1.165) is 6.42 Å². The summed E-state index contributed by atoms with van der Waals surface area (Å²) in [6, 6.07) is 0. The first-order valence-electron chi connectivity index (χ1n) is 6.78. The number of aliphatic hydroxyl groups excluding tert-OH is 1. The van der Waals surface area contributed by atoms with Crippen molar-refractivity contribution in [3.63, 3.8) is 0 Å². The van der Waals surface area contributed by atoms with Crippen LogP contribution in [0.2, 0.25) is 0 Å². The zero-order valence-electron chi connectivity index (χ0n) is 11.0. The van der Waals surface area contributed by atoms with Gasteiger partial charge in [0.2, 0.25) is 0 Å². The van der Waals surface area contributed by atoms with Crippen LogP contribution in [-0.4, -0.2) is 52.6 Å². The average Bonchev–Trinajstić information content (AvgIpc) is 2.72. The normalized spacial score (nSPS) is 50.0. The first kappa shape index (κ1) is 12.8. The minimum Gasteiger partial charge on any atom is -0.396 e. The number of hydrogen-bond donors (Lipinski definition) is 2. The quantitative estimate of drug-likeness (QED) is 0.758. The monoisotopic (exact) mass is 258 g/mol. The van der Waals surface area contributed by atoms with Gasteiger partial charge in [0.1, 0.15) is 6.10 Å². The summed E-state index contributed by atoms with van der Waals surface area (Å²) >= 11 is 0. The lowest BCUT2D eigenvalue weighted by Gasteiger charge is -2.30. The van der Waals surface area contributed by atoms with Crippen molar-refractivity contribution in [2.45, 2.75) is 75.3 Å². The molecule has 3 fully saturated rings. The summed E-state index contributed by atoms with van der Waals surface area (Å²) in [4.78, 5) is 0. The van der Waals surface area contributed by atoms with Crippen LogP contribution in [0.25, 0.3) is 0 Å². The van der Waals surface area contributed by atoms with Gasteiger partial charge < -0.3 is 24.4 Å². The molecule has 0 radical (unpaired) electrons. The molecule has 2 N–H and O–H groups in total. The molecule has 3 aliphatic rings. The van der Waals surface area contributed by atoms with Crippen LogP contribution in [-0.2, 0) is 14.2 Å². The third-order valence-electron chi connectivity index (χ3n) is 4.33. The van der Waals surface area contributed by atoms with Crippen LogP contribution in [0.1, 0.15) is 39.5 Å². The molecule has 0 aromatic carbocycles. The predicted octanol–water partition coefficient (Wildman–Crippen LogP) is 0.571. The lowest BCUT2D eigenvalue weighted by Crippen LogP contribution is -2.40. The summed E-state index contributed by atoms with van der Waals surface area (Å²) in [7, 11) is 0. The van der Waals surface area contributed by atoms with Gasteiger partial charge in [-0.15, -0.1) is 0 Å². The summed E-state index contributed by atoms with van der Waals surface area (Å²) in [5.74, 6) is -0.566. The molecule has 2 heterocycles. The van der Waals surface area contributed by atoms with Crippen molar-refractivity contribution in [1.29, 1.82) is 0 Å². The van der Waals surface area contributed by atoms with Crippen LogP contribution in [0.15, 0.2) is 0 Å². The second-order valence-corrected chi connectivity index (χ2v) is 6.16. The van der Waals surface area contributed by atoms with E-state index in [1.54, 1.807) is 0 Å². The number of fused-ring (bicyclic) bond motifs is 4. The Balaban J connectivity index is 1.79. The Morgan fingerprint density at radius 2 is 2.00 bits per heavy atom. The van der Waals surface area contributed by atoms with Crippen LogP contribution in [0, 0.1) is 0 Å². The van der Waals surface area contributed by atoms with Crippen molar-refractivity contribution in [3.8, 4) is 0 Å². The molecule has 18 heavy (non-hydrogen) atoms. The van der Waals surface area contributed by atoms with Crippen LogP contribution in [0.3, 0.4) is 0 Å². The van der Waals surface area contributed by atoms with E-state index in [0.29, 0.717) is 19.3 Å².